The molecule has 1 amide bonds. The van der Waals surface area contributed by atoms with Gasteiger partial charge in [0.25, 0.3) is 5.56 Å². The Morgan fingerprint density at radius 1 is 1.19 bits per heavy atom. The molecule has 0 radical (unpaired) electrons. The summed E-state index contributed by atoms with van der Waals surface area (Å²) in [6.45, 7) is 8.11. The Balaban J connectivity index is 1.74. The van der Waals surface area contributed by atoms with Crippen LogP contribution in [0.1, 0.15) is 43.8 Å². The Kier molecular flexibility index (Phi) is 4.14. The first-order chi connectivity index (χ1) is 12.4. The van der Waals surface area contributed by atoms with Crippen LogP contribution in [0.3, 0.4) is 0 Å². The number of piperidine rings is 1. The van der Waals surface area contributed by atoms with Crippen molar-refractivity contribution in [3.8, 4) is 0 Å². The van der Waals surface area contributed by atoms with Gasteiger partial charge in [0.05, 0.1) is 10.2 Å². The number of hydrogen-bond donors (Lipinski definition) is 0. The first kappa shape index (κ1) is 17.3. The van der Waals surface area contributed by atoms with E-state index >= 15 is 0 Å². The fourth-order valence-electron chi connectivity index (χ4n) is 4.25. The maximum absolute atomic E-state index is 12.9. The average molecular weight is 372 g/mol. The summed E-state index contributed by atoms with van der Waals surface area (Å²) in [6.07, 6.45) is 3.19. The number of aromatic nitrogens is 3. The first-order valence-electron chi connectivity index (χ1n) is 9.17. The Labute approximate surface area is 156 Å². The van der Waals surface area contributed by atoms with Crippen molar-refractivity contribution in [2.24, 2.45) is 0 Å². The third-order valence-electron chi connectivity index (χ3n) is 5.42. The Bertz CT molecular complexity index is 1050. The Morgan fingerprint density at radius 2 is 1.88 bits per heavy atom. The van der Waals surface area contributed by atoms with E-state index in [1.165, 1.54) is 9.56 Å². The highest BCUT2D eigenvalue weighted by Gasteiger charge is 2.29. The van der Waals surface area contributed by atoms with Gasteiger partial charge in [-0.3, -0.25) is 14.0 Å². The summed E-state index contributed by atoms with van der Waals surface area (Å²) < 4.78 is 4.30. The van der Waals surface area contributed by atoms with E-state index in [1.54, 1.807) is 11.3 Å². The molecular formula is C19H24N4O2S. The molecule has 138 valence electrons. The van der Waals surface area contributed by atoms with Crippen LogP contribution >= 0.6 is 11.3 Å². The van der Waals surface area contributed by atoms with Gasteiger partial charge < -0.3 is 4.90 Å². The molecule has 0 bridgehead atoms. The first-order valence-corrected chi connectivity index (χ1v) is 9.99. The molecule has 2 atom stereocenters. The fraction of sp³-hybridized carbons (Fsp3) is 0.526. The summed E-state index contributed by atoms with van der Waals surface area (Å²) in [7, 11) is 0. The van der Waals surface area contributed by atoms with Gasteiger partial charge in [0.2, 0.25) is 5.91 Å². The normalized spacial score (nSPS) is 21.0. The van der Waals surface area contributed by atoms with Gasteiger partial charge in [-0.25, -0.2) is 4.68 Å². The van der Waals surface area contributed by atoms with E-state index in [9.17, 15) is 9.59 Å². The number of carbonyl (C=O) groups is 1. The van der Waals surface area contributed by atoms with E-state index in [1.807, 2.05) is 22.3 Å². The molecule has 6 nitrogen and oxygen atoms in total. The highest BCUT2D eigenvalue weighted by molar-refractivity contribution is 7.19. The van der Waals surface area contributed by atoms with Crippen LogP contribution in [0.15, 0.2) is 16.9 Å². The molecule has 0 saturated carbocycles. The fourth-order valence-corrected chi connectivity index (χ4v) is 5.19. The van der Waals surface area contributed by atoms with Gasteiger partial charge >= 0.3 is 0 Å². The van der Waals surface area contributed by atoms with Gasteiger partial charge in [0, 0.05) is 17.0 Å². The van der Waals surface area contributed by atoms with Gasteiger partial charge in [-0.2, -0.15) is 5.10 Å². The maximum atomic E-state index is 12.9. The second-order valence-corrected chi connectivity index (χ2v) is 8.70. The minimum Gasteiger partial charge on any atom is -0.336 e. The van der Waals surface area contributed by atoms with Crippen LogP contribution in [0.25, 0.3) is 15.7 Å². The number of nitrogens with zero attached hydrogens (tertiary/aromatic N) is 4. The minimum atomic E-state index is -0.206. The van der Waals surface area contributed by atoms with Crippen molar-refractivity contribution >= 4 is 33.0 Å². The van der Waals surface area contributed by atoms with Gasteiger partial charge in [-0.05, 0) is 59.1 Å². The monoisotopic (exact) mass is 372 g/mol. The lowest BCUT2D eigenvalue weighted by atomic mass is 9.97. The molecule has 0 unspecified atom stereocenters. The van der Waals surface area contributed by atoms with E-state index in [-0.39, 0.29) is 30.1 Å². The van der Waals surface area contributed by atoms with Gasteiger partial charge in [-0.1, -0.05) is 0 Å². The molecule has 1 saturated heterocycles. The van der Waals surface area contributed by atoms with Crippen molar-refractivity contribution in [2.45, 2.75) is 65.6 Å². The quantitative estimate of drug-likeness (QED) is 0.694. The second-order valence-electron chi connectivity index (χ2n) is 7.41. The van der Waals surface area contributed by atoms with Crippen LogP contribution in [0, 0.1) is 13.8 Å². The number of rotatable bonds is 2. The van der Waals surface area contributed by atoms with Gasteiger partial charge in [-0.15, -0.1) is 11.3 Å². The molecule has 3 aromatic heterocycles. The van der Waals surface area contributed by atoms with E-state index < -0.39 is 0 Å². The largest absolute Gasteiger partial charge is 0.336 e. The van der Waals surface area contributed by atoms with Gasteiger partial charge in [0.15, 0.2) is 0 Å². The summed E-state index contributed by atoms with van der Waals surface area (Å²) in [4.78, 5) is 28.9. The van der Waals surface area contributed by atoms with Crippen LogP contribution in [0.2, 0.25) is 0 Å². The molecule has 4 heterocycles. The zero-order chi connectivity index (χ0) is 18.6. The standard InChI is InChI=1S/C19H24N4O2S/c1-11-6-5-7-12(2)22(11)18(24)10-21-19(25)16-9-17-15(8-13(3)26-17)23(16)14(4)20-21/h8-9,11-12H,5-7,10H2,1-4H3/t11-,12+. The molecular weight excluding hydrogens is 348 g/mol. The maximum Gasteiger partial charge on any atom is 0.291 e. The molecule has 7 heteroatoms. The molecule has 0 spiro atoms. The summed E-state index contributed by atoms with van der Waals surface area (Å²) in [5.41, 5.74) is 1.40. The van der Waals surface area contributed by atoms with Crippen LogP contribution in [0.5, 0.6) is 0 Å². The molecule has 26 heavy (non-hydrogen) atoms. The number of carbonyl (C=O) groups excluding carboxylic acids is 1. The predicted molar refractivity (Wildman–Crippen MR) is 104 cm³/mol. The van der Waals surface area contributed by atoms with E-state index in [2.05, 4.69) is 31.9 Å². The Morgan fingerprint density at radius 3 is 2.58 bits per heavy atom. The third-order valence-corrected chi connectivity index (χ3v) is 6.41. The van der Waals surface area contributed by atoms with E-state index in [0.717, 1.165) is 35.3 Å². The molecule has 1 aliphatic heterocycles. The van der Waals surface area contributed by atoms with Gasteiger partial charge in [0.1, 0.15) is 17.9 Å². The van der Waals surface area contributed by atoms with Crippen molar-refractivity contribution in [1.29, 1.82) is 0 Å². The number of likely N-dealkylation sites (tertiary alicyclic amines) is 1. The van der Waals surface area contributed by atoms with Crippen LogP contribution in [-0.2, 0) is 11.3 Å². The molecule has 0 aliphatic carbocycles. The molecule has 1 fully saturated rings. The average Bonchev–Trinajstić information content (AvgIpc) is 3.08. The highest BCUT2D eigenvalue weighted by atomic mass is 32.1. The highest BCUT2D eigenvalue weighted by Crippen LogP contribution is 2.28. The molecule has 0 N–H and O–H groups in total. The van der Waals surface area contributed by atoms with Crippen LogP contribution in [0.4, 0.5) is 0 Å². The summed E-state index contributed by atoms with van der Waals surface area (Å²) in [5.74, 6) is 0.701. The molecule has 1 aliphatic rings. The second kappa shape index (κ2) is 6.23. The van der Waals surface area contributed by atoms with E-state index in [4.69, 9.17) is 0 Å². The summed E-state index contributed by atoms with van der Waals surface area (Å²) in [6, 6.07) is 4.42. The van der Waals surface area contributed by atoms with Crippen molar-refractivity contribution in [2.75, 3.05) is 0 Å². The predicted octanol–water partition coefficient (Wildman–Crippen LogP) is 3.12. The number of amides is 1. The third kappa shape index (κ3) is 2.65. The zero-order valence-electron chi connectivity index (χ0n) is 15.7. The van der Waals surface area contributed by atoms with E-state index in [0.29, 0.717) is 5.52 Å². The Hall–Kier alpha value is -2.15. The molecule has 4 rings (SSSR count). The number of aryl methyl sites for hydroxylation is 2. The lowest BCUT2D eigenvalue weighted by molar-refractivity contribution is -0.138. The number of hydrogen-bond acceptors (Lipinski definition) is 4. The van der Waals surface area contributed by atoms with Crippen LogP contribution < -0.4 is 5.56 Å². The lowest BCUT2D eigenvalue weighted by Crippen LogP contribution is -2.49. The van der Waals surface area contributed by atoms with Crippen molar-refractivity contribution in [3.05, 3.63) is 33.2 Å². The summed E-state index contributed by atoms with van der Waals surface area (Å²) in [5, 5.41) is 4.44. The molecule has 3 aromatic rings. The van der Waals surface area contributed by atoms with Crippen molar-refractivity contribution in [1.82, 2.24) is 19.1 Å². The minimum absolute atomic E-state index is 0.00269. The number of fused-ring (bicyclic) bond motifs is 3. The molecule has 0 aromatic carbocycles. The summed E-state index contributed by atoms with van der Waals surface area (Å²) >= 11 is 1.67. The van der Waals surface area contributed by atoms with Crippen molar-refractivity contribution < 1.29 is 4.79 Å². The smallest absolute Gasteiger partial charge is 0.291 e. The van der Waals surface area contributed by atoms with Crippen LogP contribution in [-0.4, -0.2) is 37.1 Å². The lowest BCUT2D eigenvalue weighted by Gasteiger charge is -2.39. The number of thiophene rings is 1. The van der Waals surface area contributed by atoms with Crippen molar-refractivity contribution in [3.63, 3.8) is 0 Å². The SMILES string of the molecule is Cc1cc2c(cc3c(=O)n(CC(=O)N4[C@H](C)CCC[C@@H]4C)nc(C)n32)s1. The zero-order valence-corrected chi connectivity index (χ0v) is 16.5. The topological polar surface area (TPSA) is 59.6 Å².